The summed E-state index contributed by atoms with van der Waals surface area (Å²) in [6.07, 6.45) is 5.13. The van der Waals surface area contributed by atoms with Crippen LogP contribution in [0.5, 0.6) is 5.88 Å². The van der Waals surface area contributed by atoms with Crippen molar-refractivity contribution in [3.05, 3.63) is 92.6 Å². The van der Waals surface area contributed by atoms with Gasteiger partial charge < -0.3 is 10.1 Å². The molecule has 36 heavy (non-hydrogen) atoms. The summed E-state index contributed by atoms with van der Waals surface area (Å²) in [7, 11) is 1.63. The van der Waals surface area contributed by atoms with Gasteiger partial charge >= 0.3 is 0 Å². The SMILES string of the molecule is Cc1cncc(COc2ccc(Nc3ncc4cc(-c5c(Cl)cccc5Cl)c(=O)n(C)c4n3)nn2)c1. The Balaban J connectivity index is 1.37. The molecule has 0 aliphatic rings. The fraction of sp³-hybridized carbons (Fsp3) is 0.120. The Morgan fingerprint density at radius 2 is 1.83 bits per heavy atom. The minimum atomic E-state index is -0.285. The van der Waals surface area contributed by atoms with E-state index in [0.29, 0.717) is 50.5 Å². The van der Waals surface area contributed by atoms with Gasteiger partial charge in [-0.05, 0) is 42.8 Å². The summed E-state index contributed by atoms with van der Waals surface area (Å²) in [5.74, 6) is 1.05. The summed E-state index contributed by atoms with van der Waals surface area (Å²) < 4.78 is 7.10. The van der Waals surface area contributed by atoms with E-state index in [1.54, 1.807) is 62.0 Å². The minimum Gasteiger partial charge on any atom is -0.472 e. The Morgan fingerprint density at radius 1 is 1.03 bits per heavy atom. The van der Waals surface area contributed by atoms with Crippen LogP contribution in [-0.4, -0.2) is 29.7 Å². The summed E-state index contributed by atoms with van der Waals surface area (Å²) in [4.78, 5) is 26.1. The smallest absolute Gasteiger partial charge is 0.259 e. The third-order valence-corrected chi connectivity index (χ3v) is 6.01. The number of rotatable bonds is 6. The molecule has 0 amide bonds. The van der Waals surface area contributed by atoms with Gasteiger partial charge in [-0.2, -0.15) is 4.98 Å². The molecule has 11 heteroatoms. The van der Waals surface area contributed by atoms with E-state index in [2.05, 4.69) is 30.5 Å². The maximum absolute atomic E-state index is 13.1. The number of benzene rings is 1. The van der Waals surface area contributed by atoms with Crippen molar-refractivity contribution in [2.75, 3.05) is 5.32 Å². The molecule has 180 valence electrons. The molecule has 0 saturated heterocycles. The average Bonchev–Trinajstić information content (AvgIpc) is 2.87. The van der Waals surface area contributed by atoms with Crippen molar-refractivity contribution in [3.8, 4) is 17.0 Å². The fourth-order valence-corrected chi connectivity index (χ4v) is 4.27. The monoisotopic (exact) mass is 519 g/mol. The highest BCUT2D eigenvalue weighted by molar-refractivity contribution is 6.39. The Kier molecular flexibility index (Phi) is 6.49. The topological polar surface area (TPSA) is 108 Å². The second kappa shape index (κ2) is 9.88. The molecule has 5 aromatic rings. The van der Waals surface area contributed by atoms with Crippen molar-refractivity contribution in [2.24, 2.45) is 7.05 Å². The third kappa shape index (κ3) is 4.84. The van der Waals surface area contributed by atoms with Gasteiger partial charge in [0.25, 0.3) is 5.56 Å². The predicted octanol–water partition coefficient (Wildman–Crippen LogP) is 5.12. The van der Waals surface area contributed by atoms with E-state index >= 15 is 0 Å². The van der Waals surface area contributed by atoms with Crippen LogP contribution in [0.25, 0.3) is 22.2 Å². The van der Waals surface area contributed by atoms with Crippen molar-refractivity contribution >= 4 is 46.0 Å². The summed E-state index contributed by atoms with van der Waals surface area (Å²) >= 11 is 12.6. The number of fused-ring (bicyclic) bond motifs is 1. The second-order valence-corrected chi connectivity index (χ2v) is 8.85. The van der Waals surface area contributed by atoms with E-state index < -0.39 is 0 Å². The highest BCUT2D eigenvalue weighted by atomic mass is 35.5. The normalized spacial score (nSPS) is 11.0. The van der Waals surface area contributed by atoms with Crippen LogP contribution in [0.4, 0.5) is 11.8 Å². The predicted molar refractivity (Wildman–Crippen MR) is 139 cm³/mol. The van der Waals surface area contributed by atoms with Crippen LogP contribution in [-0.2, 0) is 13.7 Å². The lowest BCUT2D eigenvalue weighted by Crippen LogP contribution is -2.20. The number of anilines is 2. The van der Waals surface area contributed by atoms with Gasteiger partial charge in [-0.1, -0.05) is 29.3 Å². The number of nitrogens with zero attached hydrogens (tertiary/aromatic N) is 6. The van der Waals surface area contributed by atoms with Crippen molar-refractivity contribution in [2.45, 2.75) is 13.5 Å². The summed E-state index contributed by atoms with van der Waals surface area (Å²) in [5, 5.41) is 12.6. The number of aromatic nitrogens is 6. The van der Waals surface area contributed by atoms with Crippen LogP contribution < -0.4 is 15.6 Å². The lowest BCUT2D eigenvalue weighted by atomic mass is 10.1. The van der Waals surface area contributed by atoms with Gasteiger partial charge in [-0.15, -0.1) is 10.2 Å². The third-order valence-electron chi connectivity index (χ3n) is 5.38. The summed E-state index contributed by atoms with van der Waals surface area (Å²) in [5.41, 5.74) is 2.98. The molecule has 1 aromatic carbocycles. The standard InChI is InChI=1S/C25H19Cl2N7O2/c1-14-8-15(11-28-10-14)13-36-21-7-6-20(32-33-21)30-25-29-12-16-9-17(24(35)34(2)23(16)31-25)22-18(26)4-3-5-19(22)27/h3-12H,13H2,1-2H3,(H,29,30,31,32). The van der Waals surface area contributed by atoms with Gasteiger partial charge in [0.05, 0.1) is 15.6 Å². The molecule has 0 atom stereocenters. The molecule has 4 heterocycles. The van der Waals surface area contributed by atoms with E-state index in [1.165, 1.54) is 4.57 Å². The molecule has 0 unspecified atom stereocenters. The zero-order valence-electron chi connectivity index (χ0n) is 19.2. The molecule has 4 aromatic heterocycles. The molecule has 0 radical (unpaired) electrons. The van der Waals surface area contributed by atoms with Gasteiger partial charge in [-0.3, -0.25) is 14.3 Å². The van der Waals surface area contributed by atoms with Gasteiger partial charge in [0.15, 0.2) is 5.82 Å². The van der Waals surface area contributed by atoms with Gasteiger partial charge in [-0.25, -0.2) is 4.98 Å². The Labute approximate surface area is 215 Å². The number of halogens is 2. The van der Waals surface area contributed by atoms with Crippen LogP contribution >= 0.6 is 23.2 Å². The minimum absolute atomic E-state index is 0.259. The quantitative estimate of drug-likeness (QED) is 0.329. The number of pyridine rings is 2. The van der Waals surface area contributed by atoms with Crippen LogP contribution in [0.3, 0.4) is 0 Å². The van der Waals surface area contributed by atoms with E-state index in [-0.39, 0.29) is 11.5 Å². The van der Waals surface area contributed by atoms with Crippen molar-refractivity contribution in [1.82, 2.24) is 29.7 Å². The van der Waals surface area contributed by atoms with Crippen molar-refractivity contribution in [3.63, 3.8) is 0 Å². The first-order chi connectivity index (χ1) is 17.4. The number of aryl methyl sites for hydroxylation is 2. The largest absolute Gasteiger partial charge is 0.472 e. The van der Waals surface area contributed by atoms with E-state index in [0.717, 1.165) is 11.1 Å². The fourth-order valence-electron chi connectivity index (χ4n) is 3.67. The maximum atomic E-state index is 13.1. The van der Waals surface area contributed by atoms with E-state index in [1.807, 2.05) is 13.0 Å². The first-order valence-corrected chi connectivity index (χ1v) is 11.6. The highest BCUT2D eigenvalue weighted by Gasteiger charge is 2.16. The van der Waals surface area contributed by atoms with Crippen LogP contribution in [0.2, 0.25) is 10.0 Å². The molecule has 0 aliphatic heterocycles. The van der Waals surface area contributed by atoms with E-state index in [9.17, 15) is 4.79 Å². The molecule has 0 saturated carbocycles. The Bertz CT molecular complexity index is 1620. The maximum Gasteiger partial charge on any atom is 0.259 e. The average molecular weight is 520 g/mol. The molecular weight excluding hydrogens is 501 g/mol. The zero-order chi connectivity index (χ0) is 25.2. The molecule has 0 fully saturated rings. The molecule has 1 N–H and O–H groups in total. The zero-order valence-corrected chi connectivity index (χ0v) is 20.7. The molecule has 5 rings (SSSR count). The number of hydrogen-bond donors (Lipinski definition) is 1. The molecular formula is C25H19Cl2N7O2. The van der Waals surface area contributed by atoms with Crippen LogP contribution in [0.15, 0.2) is 65.8 Å². The summed E-state index contributed by atoms with van der Waals surface area (Å²) in [6, 6.07) is 12.2. The van der Waals surface area contributed by atoms with E-state index in [4.69, 9.17) is 27.9 Å². The molecule has 0 bridgehead atoms. The van der Waals surface area contributed by atoms with Gasteiger partial charge in [0.1, 0.15) is 12.3 Å². The molecule has 0 spiro atoms. The second-order valence-electron chi connectivity index (χ2n) is 8.03. The first kappa shape index (κ1) is 23.7. The van der Waals surface area contributed by atoms with Crippen LogP contribution in [0, 0.1) is 6.92 Å². The highest BCUT2D eigenvalue weighted by Crippen LogP contribution is 2.33. The van der Waals surface area contributed by atoms with Crippen molar-refractivity contribution in [1.29, 1.82) is 0 Å². The molecule has 0 aliphatic carbocycles. The first-order valence-electron chi connectivity index (χ1n) is 10.8. The number of nitrogens with one attached hydrogen (secondary N) is 1. The van der Waals surface area contributed by atoms with Crippen LogP contribution in [0.1, 0.15) is 11.1 Å². The molecule has 9 nitrogen and oxygen atoms in total. The number of hydrogen-bond acceptors (Lipinski definition) is 8. The van der Waals surface area contributed by atoms with Gasteiger partial charge in [0.2, 0.25) is 11.8 Å². The number of ether oxygens (including phenoxy) is 1. The Morgan fingerprint density at radius 3 is 2.56 bits per heavy atom. The lowest BCUT2D eigenvalue weighted by Gasteiger charge is -2.12. The van der Waals surface area contributed by atoms with Crippen molar-refractivity contribution < 1.29 is 4.74 Å². The lowest BCUT2D eigenvalue weighted by molar-refractivity contribution is 0.290. The Hall–Kier alpha value is -4.08. The summed E-state index contributed by atoms with van der Waals surface area (Å²) in [6.45, 7) is 2.30. The van der Waals surface area contributed by atoms with Gasteiger partial charge in [0, 0.05) is 48.2 Å².